The highest BCUT2D eigenvalue weighted by Crippen LogP contribution is 2.40. The smallest absolute Gasteiger partial charge is 0.248 e. The first-order valence-electron chi connectivity index (χ1n) is 15.0. The van der Waals surface area contributed by atoms with Crippen molar-refractivity contribution in [3.8, 4) is 0 Å². The molecule has 226 valence electrons. The Labute approximate surface area is 242 Å². The van der Waals surface area contributed by atoms with Crippen LogP contribution >= 0.6 is 0 Å². The number of amides is 2. The van der Waals surface area contributed by atoms with E-state index in [0.29, 0.717) is 30.7 Å². The molecule has 4 heterocycles. The Morgan fingerprint density at radius 1 is 1.15 bits per heavy atom. The van der Waals surface area contributed by atoms with E-state index in [0.717, 1.165) is 44.5 Å². The van der Waals surface area contributed by atoms with E-state index in [2.05, 4.69) is 30.7 Å². The molecule has 0 radical (unpaired) electrons. The largest absolute Gasteiger partial charge is 0.391 e. The summed E-state index contributed by atoms with van der Waals surface area (Å²) in [7, 11) is 0. The summed E-state index contributed by atoms with van der Waals surface area (Å²) >= 11 is 0. The van der Waals surface area contributed by atoms with Crippen molar-refractivity contribution in [3.63, 3.8) is 0 Å². The van der Waals surface area contributed by atoms with Crippen LogP contribution in [0.5, 0.6) is 0 Å². The number of nitrogens with one attached hydrogen (secondary N) is 1. The molecular weight excluding hydrogens is 524 g/mol. The first kappa shape index (κ1) is 29.6. The number of nitrogens with zero attached hydrogens (tertiary/aromatic N) is 7. The molecule has 41 heavy (non-hydrogen) atoms. The highest BCUT2D eigenvalue weighted by molar-refractivity contribution is 5.90. The number of aliphatic hydroxyl groups is 1. The quantitative estimate of drug-likeness (QED) is 0.489. The minimum atomic E-state index is -0.744. The van der Waals surface area contributed by atoms with Gasteiger partial charge < -0.3 is 19.8 Å². The monoisotopic (exact) mass is 570 g/mol. The van der Waals surface area contributed by atoms with Crippen LogP contribution in [0.1, 0.15) is 103 Å². The molecule has 2 amide bonds. The lowest BCUT2D eigenvalue weighted by molar-refractivity contribution is -0.144. The van der Waals surface area contributed by atoms with Gasteiger partial charge in [-0.25, -0.2) is 4.68 Å². The number of β-amino-alcohol motifs (C(OH)–C–C–N with tert-alkyl or cyclic N) is 1. The molecule has 4 atom stereocenters. The third-order valence-electron chi connectivity index (χ3n) is 8.35. The van der Waals surface area contributed by atoms with E-state index in [1.165, 1.54) is 0 Å². The summed E-state index contributed by atoms with van der Waals surface area (Å²) in [5, 5.41) is 26.4. The van der Waals surface area contributed by atoms with Crippen LogP contribution in [-0.4, -0.2) is 90.2 Å². The maximum Gasteiger partial charge on any atom is 0.248 e. The second-order valence-electron chi connectivity index (χ2n) is 14.3. The van der Waals surface area contributed by atoms with Crippen LogP contribution in [0.2, 0.25) is 0 Å². The van der Waals surface area contributed by atoms with E-state index in [-0.39, 0.29) is 36.1 Å². The van der Waals surface area contributed by atoms with Crippen LogP contribution in [0.25, 0.3) is 0 Å². The summed E-state index contributed by atoms with van der Waals surface area (Å²) in [5.41, 5.74) is 0.265. The van der Waals surface area contributed by atoms with Crippen LogP contribution in [0, 0.1) is 11.3 Å². The second kappa shape index (κ2) is 11.4. The van der Waals surface area contributed by atoms with E-state index in [4.69, 9.17) is 4.52 Å². The number of aromatic nitrogens is 5. The molecule has 12 heteroatoms. The standard InChI is InChI=1S/C29H46N8O4/c1-28(2,3)24(37-16-21(32-34-37)19-9-10-19)26(40)36-15-20(38)12-22(36)25(39)30-13-18-8-7-11-35(14-18)17-23-31-27(41-33-23)29(4,5)6/h16,18-20,22,24,38H,7-15,17H2,1-6H3,(H,30,39)/t18?,20?,22?,24-/m1/s1. The summed E-state index contributed by atoms with van der Waals surface area (Å²) in [4.78, 5) is 35.8. The van der Waals surface area contributed by atoms with Gasteiger partial charge in [-0.05, 0) is 43.6 Å². The zero-order valence-electron chi connectivity index (χ0n) is 25.3. The van der Waals surface area contributed by atoms with Crippen molar-refractivity contribution < 1.29 is 19.2 Å². The SMILES string of the molecule is CC(C)(C)c1nc(CN2CCCC(CNC(=O)C3CC(O)CN3C(=O)[C@@H](n3cc(C4CC4)nn3)C(C)(C)C)C2)no1. The van der Waals surface area contributed by atoms with Gasteiger partial charge in [0.2, 0.25) is 17.7 Å². The van der Waals surface area contributed by atoms with E-state index in [9.17, 15) is 14.7 Å². The van der Waals surface area contributed by atoms with Crippen LogP contribution in [0.4, 0.5) is 0 Å². The van der Waals surface area contributed by atoms with Gasteiger partial charge in [-0.3, -0.25) is 14.5 Å². The van der Waals surface area contributed by atoms with Crippen molar-refractivity contribution in [2.45, 2.75) is 110 Å². The van der Waals surface area contributed by atoms with Crippen LogP contribution in [-0.2, 0) is 21.5 Å². The second-order valence-corrected chi connectivity index (χ2v) is 14.3. The minimum Gasteiger partial charge on any atom is -0.391 e. The lowest BCUT2D eigenvalue weighted by atomic mass is 9.85. The van der Waals surface area contributed by atoms with Crippen LogP contribution in [0.3, 0.4) is 0 Å². The molecule has 3 aliphatic rings. The number of likely N-dealkylation sites (tertiary alicyclic amines) is 2. The first-order chi connectivity index (χ1) is 19.3. The molecule has 2 N–H and O–H groups in total. The van der Waals surface area contributed by atoms with Gasteiger partial charge in [0.05, 0.1) is 18.3 Å². The number of hydrogen-bond acceptors (Lipinski definition) is 9. The lowest BCUT2D eigenvalue weighted by Crippen LogP contribution is -2.51. The molecule has 12 nitrogen and oxygen atoms in total. The molecule has 3 unspecified atom stereocenters. The average molecular weight is 571 g/mol. The number of hydrogen-bond donors (Lipinski definition) is 2. The van der Waals surface area contributed by atoms with E-state index < -0.39 is 23.6 Å². The van der Waals surface area contributed by atoms with Crippen molar-refractivity contribution >= 4 is 11.8 Å². The predicted octanol–water partition coefficient (Wildman–Crippen LogP) is 2.41. The van der Waals surface area contributed by atoms with Gasteiger partial charge in [0.15, 0.2) is 5.82 Å². The van der Waals surface area contributed by atoms with Crippen molar-refractivity contribution in [3.05, 3.63) is 23.6 Å². The Morgan fingerprint density at radius 2 is 1.90 bits per heavy atom. The Kier molecular flexibility index (Phi) is 8.26. The number of piperidine rings is 1. The fraction of sp³-hybridized carbons (Fsp3) is 0.793. The topological polar surface area (TPSA) is 143 Å². The summed E-state index contributed by atoms with van der Waals surface area (Å²) in [6.07, 6.45) is 5.58. The normalized spacial score (nSPS) is 25.0. The zero-order chi connectivity index (χ0) is 29.5. The van der Waals surface area contributed by atoms with Gasteiger partial charge in [-0.15, -0.1) is 5.10 Å². The molecular formula is C29H46N8O4. The highest BCUT2D eigenvalue weighted by Gasteiger charge is 2.45. The Bertz CT molecular complexity index is 1220. The number of carbonyl (C=O) groups is 2. The van der Waals surface area contributed by atoms with Crippen molar-refractivity contribution in [1.82, 2.24) is 40.3 Å². The van der Waals surface area contributed by atoms with Gasteiger partial charge in [0.25, 0.3) is 0 Å². The molecule has 2 aliphatic heterocycles. The fourth-order valence-corrected chi connectivity index (χ4v) is 5.97. The van der Waals surface area contributed by atoms with E-state index >= 15 is 0 Å². The molecule has 0 spiro atoms. The summed E-state index contributed by atoms with van der Waals surface area (Å²) in [6, 6.07) is -1.34. The highest BCUT2D eigenvalue weighted by atomic mass is 16.5. The molecule has 2 saturated heterocycles. The number of carbonyl (C=O) groups excluding carboxylic acids is 2. The van der Waals surface area contributed by atoms with Crippen molar-refractivity contribution in [2.75, 3.05) is 26.2 Å². The zero-order valence-corrected chi connectivity index (χ0v) is 25.3. The third kappa shape index (κ3) is 6.97. The Balaban J connectivity index is 1.19. The van der Waals surface area contributed by atoms with E-state index in [1.54, 1.807) is 9.58 Å². The lowest BCUT2D eigenvalue weighted by Gasteiger charge is -2.35. The molecule has 2 aromatic rings. The molecule has 5 rings (SSSR count). The summed E-state index contributed by atoms with van der Waals surface area (Å²) in [5.74, 6) is 1.58. The maximum absolute atomic E-state index is 14.0. The predicted molar refractivity (Wildman–Crippen MR) is 151 cm³/mol. The van der Waals surface area contributed by atoms with Gasteiger partial charge >= 0.3 is 0 Å². The average Bonchev–Trinajstić information content (AvgIpc) is 3.24. The van der Waals surface area contributed by atoms with Gasteiger partial charge in [-0.2, -0.15) is 4.98 Å². The molecule has 2 aromatic heterocycles. The van der Waals surface area contributed by atoms with Crippen molar-refractivity contribution in [1.29, 1.82) is 0 Å². The fourth-order valence-electron chi connectivity index (χ4n) is 5.97. The Morgan fingerprint density at radius 3 is 2.56 bits per heavy atom. The number of rotatable bonds is 8. The minimum absolute atomic E-state index is 0.131. The Hall–Kier alpha value is -2.86. The first-order valence-corrected chi connectivity index (χ1v) is 15.0. The van der Waals surface area contributed by atoms with Crippen LogP contribution in [0.15, 0.2) is 10.7 Å². The summed E-state index contributed by atoms with van der Waals surface area (Å²) < 4.78 is 7.10. The van der Waals surface area contributed by atoms with Crippen molar-refractivity contribution in [2.24, 2.45) is 11.3 Å². The molecule has 0 aromatic carbocycles. The molecule has 0 bridgehead atoms. The van der Waals surface area contributed by atoms with E-state index in [1.807, 2.05) is 47.7 Å². The molecule has 1 saturated carbocycles. The molecule has 3 fully saturated rings. The molecule has 1 aliphatic carbocycles. The van der Waals surface area contributed by atoms with Gasteiger partial charge in [0.1, 0.15) is 12.1 Å². The maximum atomic E-state index is 14.0. The van der Waals surface area contributed by atoms with Gasteiger partial charge in [-0.1, -0.05) is 51.9 Å². The third-order valence-corrected chi connectivity index (χ3v) is 8.35. The van der Waals surface area contributed by atoms with Gasteiger partial charge in [0, 0.05) is 43.6 Å². The number of aliphatic hydroxyl groups excluding tert-OH is 1. The van der Waals surface area contributed by atoms with Crippen LogP contribution < -0.4 is 5.32 Å². The summed E-state index contributed by atoms with van der Waals surface area (Å²) in [6.45, 7) is 15.1.